The summed E-state index contributed by atoms with van der Waals surface area (Å²) in [5.41, 5.74) is 1.47. The maximum absolute atomic E-state index is 4.90. The first kappa shape index (κ1) is 17.3. The van der Waals surface area contributed by atoms with Gasteiger partial charge in [0.2, 0.25) is 0 Å². The van der Waals surface area contributed by atoms with Crippen molar-refractivity contribution >= 4 is 33.1 Å². The molecule has 0 saturated carbocycles. The number of anilines is 1. The zero-order valence-electron chi connectivity index (χ0n) is 16.1. The summed E-state index contributed by atoms with van der Waals surface area (Å²) in [4.78, 5) is 15.0. The van der Waals surface area contributed by atoms with E-state index in [1.165, 1.54) is 22.2 Å². The van der Waals surface area contributed by atoms with Gasteiger partial charge >= 0.3 is 0 Å². The minimum absolute atomic E-state index is 0.611. The molecule has 1 saturated heterocycles. The van der Waals surface area contributed by atoms with Gasteiger partial charge in [-0.3, -0.25) is 4.90 Å². The first-order valence-corrected chi connectivity index (χ1v) is 10.8. The molecular formula is C18H26N8S. The van der Waals surface area contributed by atoms with Crippen LogP contribution in [-0.4, -0.2) is 80.6 Å². The molecule has 5 heterocycles. The average Bonchev–Trinajstić information content (AvgIpc) is 3.31. The summed E-state index contributed by atoms with van der Waals surface area (Å²) in [5, 5.41) is 13.5. The van der Waals surface area contributed by atoms with Gasteiger partial charge < -0.3 is 9.80 Å². The van der Waals surface area contributed by atoms with Crippen molar-refractivity contribution in [2.45, 2.75) is 33.2 Å². The summed E-state index contributed by atoms with van der Waals surface area (Å²) in [6.07, 6.45) is 2.29. The number of fused-ring (bicyclic) bond motifs is 5. The summed E-state index contributed by atoms with van der Waals surface area (Å²) >= 11 is 1.85. The molecule has 9 heteroatoms. The van der Waals surface area contributed by atoms with Crippen molar-refractivity contribution in [1.29, 1.82) is 0 Å². The minimum atomic E-state index is 0.611. The molecule has 144 valence electrons. The van der Waals surface area contributed by atoms with E-state index in [1.807, 2.05) is 15.9 Å². The highest BCUT2D eigenvalue weighted by Crippen LogP contribution is 2.39. The quantitative estimate of drug-likeness (QED) is 0.675. The lowest BCUT2D eigenvalue weighted by Gasteiger charge is -2.35. The highest BCUT2D eigenvalue weighted by molar-refractivity contribution is 7.19. The number of hydrogen-bond acceptors (Lipinski definition) is 8. The fraction of sp³-hybridized carbons (Fsp3) is 0.667. The molecule has 0 aromatic carbocycles. The predicted molar refractivity (Wildman–Crippen MR) is 108 cm³/mol. The van der Waals surface area contributed by atoms with Crippen molar-refractivity contribution in [3.63, 3.8) is 0 Å². The minimum Gasteiger partial charge on any atom is -0.353 e. The van der Waals surface area contributed by atoms with Crippen LogP contribution in [0.4, 0.5) is 5.82 Å². The molecule has 2 aliphatic rings. The molecule has 1 fully saturated rings. The van der Waals surface area contributed by atoms with Crippen molar-refractivity contribution in [3.8, 4) is 0 Å². The number of likely N-dealkylation sites (N-methyl/N-ethyl adjacent to an activating group) is 1. The van der Waals surface area contributed by atoms with E-state index in [0.29, 0.717) is 5.78 Å². The lowest BCUT2D eigenvalue weighted by atomic mass is 10.0. The molecule has 3 aromatic heterocycles. The molecule has 27 heavy (non-hydrogen) atoms. The molecule has 2 aliphatic heterocycles. The smallest absolute Gasteiger partial charge is 0.276 e. The molecule has 0 aliphatic carbocycles. The van der Waals surface area contributed by atoms with Crippen LogP contribution in [0.3, 0.4) is 0 Å². The van der Waals surface area contributed by atoms with Crippen LogP contribution in [-0.2, 0) is 13.0 Å². The fourth-order valence-electron chi connectivity index (χ4n) is 4.37. The van der Waals surface area contributed by atoms with Gasteiger partial charge in [0.1, 0.15) is 10.6 Å². The molecule has 8 nitrogen and oxygen atoms in total. The Labute approximate surface area is 162 Å². The van der Waals surface area contributed by atoms with Crippen molar-refractivity contribution in [2.75, 3.05) is 50.7 Å². The van der Waals surface area contributed by atoms with E-state index < -0.39 is 0 Å². The zero-order valence-corrected chi connectivity index (χ0v) is 16.9. The van der Waals surface area contributed by atoms with Crippen LogP contribution in [0.1, 0.15) is 30.7 Å². The molecule has 0 bridgehead atoms. The van der Waals surface area contributed by atoms with E-state index in [0.717, 1.165) is 69.4 Å². The molecule has 0 spiro atoms. The van der Waals surface area contributed by atoms with E-state index in [2.05, 4.69) is 44.1 Å². The normalized spacial score (nSPS) is 19.3. The van der Waals surface area contributed by atoms with E-state index in [9.17, 15) is 0 Å². The Morgan fingerprint density at radius 3 is 2.67 bits per heavy atom. The number of piperazine rings is 1. The van der Waals surface area contributed by atoms with Crippen molar-refractivity contribution in [3.05, 3.63) is 10.4 Å². The number of tetrazole rings is 1. The number of rotatable bonds is 4. The molecule has 0 atom stereocenters. The molecule has 3 aromatic rings. The maximum atomic E-state index is 4.90. The molecule has 0 amide bonds. The van der Waals surface area contributed by atoms with Crippen LogP contribution in [0.2, 0.25) is 0 Å². The lowest BCUT2D eigenvalue weighted by molar-refractivity contribution is 0.258. The zero-order chi connectivity index (χ0) is 18.4. The van der Waals surface area contributed by atoms with Crippen molar-refractivity contribution in [2.24, 2.45) is 0 Å². The second kappa shape index (κ2) is 6.96. The van der Waals surface area contributed by atoms with E-state index in [1.54, 1.807) is 0 Å². The van der Waals surface area contributed by atoms with Crippen molar-refractivity contribution < 1.29 is 0 Å². The van der Waals surface area contributed by atoms with Crippen LogP contribution in [0.5, 0.6) is 0 Å². The van der Waals surface area contributed by atoms with Crippen LogP contribution < -0.4 is 4.90 Å². The van der Waals surface area contributed by atoms with Crippen LogP contribution in [0.15, 0.2) is 0 Å². The third-order valence-electron chi connectivity index (χ3n) is 5.85. The first-order chi connectivity index (χ1) is 13.3. The van der Waals surface area contributed by atoms with Gasteiger partial charge in [0.05, 0.1) is 5.39 Å². The van der Waals surface area contributed by atoms with Gasteiger partial charge in [-0.2, -0.15) is 9.50 Å². The maximum Gasteiger partial charge on any atom is 0.276 e. The summed E-state index contributed by atoms with van der Waals surface area (Å²) < 4.78 is 1.83. The Morgan fingerprint density at radius 1 is 1.04 bits per heavy atom. The Hall–Kier alpha value is -1.84. The van der Waals surface area contributed by atoms with Crippen LogP contribution in [0.25, 0.3) is 16.0 Å². The van der Waals surface area contributed by atoms with Crippen LogP contribution in [0, 0.1) is 0 Å². The highest BCUT2D eigenvalue weighted by atomic mass is 32.1. The second-order valence-corrected chi connectivity index (χ2v) is 8.54. The lowest BCUT2D eigenvalue weighted by Crippen LogP contribution is -2.46. The second-order valence-electron chi connectivity index (χ2n) is 7.46. The van der Waals surface area contributed by atoms with Gasteiger partial charge in [0, 0.05) is 44.1 Å². The molecule has 0 radical (unpaired) electrons. The highest BCUT2D eigenvalue weighted by Gasteiger charge is 2.28. The van der Waals surface area contributed by atoms with Gasteiger partial charge in [-0.25, -0.2) is 0 Å². The summed E-state index contributed by atoms with van der Waals surface area (Å²) in [6.45, 7) is 13.1. The average molecular weight is 387 g/mol. The van der Waals surface area contributed by atoms with E-state index in [4.69, 9.17) is 4.98 Å². The Kier molecular flexibility index (Phi) is 4.45. The van der Waals surface area contributed by atoms with Gasteiger partial charge in [0.15, 0.2) is 0 Å². The Morgan fingerprint density at radius 2 is 1.89 bits per heavy atom. The summed E-state index contributed by atoms with van der Waals surface area (Å²) in [5.74, 6) is 1.70. The molecule has 0 unspecified atom stereocenters. The van der Waals surface area contributed by atoms with Crippen molar-refractivity contribution in [1.82, 2.24) is 34.8 Å². The number of nitrogens with zero attached hydrogens (tertiary/aromatic N) is 8. The largest absolute Gasteiger partial charge is 0.353 e. The van der Waals surface area contributed by atoms with Gasteiger partial charge in [0.25, 0.3) is 5.78 Å². The van der Waals surface area contributed by atoms with E-state index in [-0.39, 0.29) is 0 Å². The summed E-state index contributed by atoms with van der Waals surface area (Å²) in [7, 11) is 0. The topological polar surface area (TPSA) is 65.7 Å². The van der Waals surface area contributed by atoms with Gasteiger partial charge in [-0.1, -0.05) is 18.9 Å². The monoisotopic (exact) mass is 386 g/mol. The third-order valence-corrected chi connectivity index (χ3v) is 7.04. The number of aromatic nitrogens is 5. The first-order valence-electron chi connectivity index (χ1n) is 10.0. The number of thiophene rings is 1. The fourth-order valence-corrected chi connectivity index (χ4v) is 5.70. The Bertz CT molecular complexity index is 955. The van der Waals surface area contributed by atoms with Gasteiger partial charge in [-0.15, -0.1) is 11.3 Å². The standard InChI is InChI=1S/C18H26N8S/c1-3-6-24-7-5-13-14(12-24)27-17-15(13)16(19-18-20-21-22-26(17)18)25-10-8-23(4-2)9-11-25/h3-12H2,1-2H3. The third kappa shape index (κ3) is 2.88. The van der Waals surface area contributed by atoms with Gasteiger partial charge in [-0.05, 0) is 41.9 Å². The van der Waals surface area contributed by atoms with Crippen LogP contribution >= 0.6 is 11.3 Å². The SMILES string of the molecule is CCCN1CCc2c(sc3c2c(N2CCN(CC)CC2)nc2nnnn23)C1. The number of hydrogen-bond donors (Lipinski definition) is 0. The van der Waals surface area contributed by atoms with E-state index >= 15 is 0 Å². The molecular weight excluding hydrogens is 360 g/mol. The Balaban J connectivity index is 1.62. The molecule has 5 rings (SSSR count). The predicted octanol–water partition coefficient (Wildman–Crippen LogP) is 1.64. The molecule has 0 N–H and O–H groups in total. The summed E-state index contributed by atoms with van der Waals surface area (Å²) in [6, 6.07) is 0.